The number of piperidine rings is 1. The Bertz CT molecular complexity index is 348. The van der Waals surface area contributed by atoms with Gasteiger partial charge < -0.3 is 9.88 Å². The maximum Gasteiger partial charge on any atom is 0.0948 e. The van der Waals surface area contributed by atoms with Crippen molar-refractivity contribution in [2.24, 2.45) is 5.92 Å². The highest BCUT2D eigenvalue weighted by atomic mass is 15.1. The number of nitrogens with zero attached hydrogens (tertiary/aromatic N) is 2. The van der Waals surface area contributed by atoms with E-state index in [4.69, 9.17) is 0 Å². The molecular weight excluding hydrogens is 210 g/mol. The summed E-state index contributed by atoms with van der Waals surface area (Å²) in [6, 6.07) is 0. The summed E-state index contributed by atoms with van der Waals surface area (Å²) in [7, 11) is 0. The standard InChI is InChI=1S/C14H25N3/c1-12(2)4-9-17-11-16-10-13(17)14(3)5-7-15-8-6-14/h10-12,15H,4-9H2,1-3H3. The summed E-state index contributed by atoms with van der Waals surface area (Å²) in [4.78, 5) is 4.36. The van der Waals surface area contributed by atoms with Crippen molar-refractivity contribution in [1.29, 1.82) is 0 Å². The Labute approximate surface area is 105 Å². The minimum Gasteiger partial charge on any atom is -0.334 e. The van der Waals surface area contributed by atoms with Gasteiger partial charge in [0.15, 0.2) is 0 Å². The Morgan fingerprint density at radius 1 is 1.41 bits per heavy atom. The molecule has 0 atom stereocenters. The largest absolute Gasteiger partial charge is 0.334 e. The van der Waals surface area contributed by atoms with E-state index in [0.29, 0.717) is 5.41 Å². The third kappa shape index (κ3) is 2.89. The van der Waals surface area contributed by atoms with E-state index >= 15 is 0 Å². The van der Waals surface area contributed by atoms with Crippen molar-refractivity contribution in [3.8, 4) is 0 Å². The Balaban J connectivity index is 2.11. The maximum absolute atomic E-state index is 4.36. The smallest absolute Gasteiger partial charge is 0.0948 e. The molecule has 3 nitrogen and oxygen atoms in total. The summed E-state index contributed by atoms with van der Waals surface area (Å²) in [5.74, 6) is 0.756. The van der Waals surface area contributed by atoms with Gasteiger partial charge in [-0.15, -0.1) is 0 Å². The first-order valence-corrected chi connectivity index (χ1v) is 6.83. The quantitative estimate of drug-likeness (QED) is 0.869. The Hall–Kier alpha value is -0.830. The molecule has 0 aliphatic carbocycles. The molecule has 0 spiro atoms. The molecule has 0 aromatic carbocycles. The number of hydrogen-bond donors (Lipinski definition) is 1. The van der Waals surface area contributed by atoms with Crippen molar-refractivity contribution >= 4 is 0 Å². The zero-order chi connectivity index (χ0) is 12.3. The van der Waals surface area contributed by atoms with Crippen LogP contribution in [0.25, 0.3) is 0 Å². The van der Waals surface area contributed by atoms with Gasteiger partial charge in [-0.2, -0.15) is 0 Å². The highest BCUT2D eigenvalue weighted by Crippen LogP contribution is 2.32. The molecule has 1 N–H and O–H groups in total. The van der Waals surface area contributed by atoms with Crippen LogP contribution in [0.1, 0.15) is 45.7 Å². The molecule has 96 valence electrons. The fourth-order valence-electron chi connectivity index (χ4n) is 2.63. The van der Waals surface area contributed by atoms with Crippen LogP contribution in [0.5, 0.6) is 0 Å². The van der Waals surface area contributed by atoms with E-state index in [0.717, 1.165) is 25.6 Å². The van der Waals surface area contributed by atoms with Gasteiger partial charge in [0.05, 0.1) is 6.33 Å². The topological polar surface area (TPSA) is 29.9 Å². The molecule has 1 fully saturated rings. The molecular formula is C14H25N3. The monoisotopic (exact) mass is 235 g/mol. The van der Waals surface area contributed by atoms with Gasteiger partial charge in [0.1, 0.15) is 0 Å². The van der Waals surface area contributed by atoms with Crippen molar-refractivity contribution in [2.75, 3.05) is 13.1 Å². The highest BCUT2D eigenvalue weighted by molar-refractivity contribution is 5.15. The van der Waals surface area contributed by atoms with Crippen molar-refractivity contribution < 1.29 is 0 Å². The molecule has 17 heavy (non-hydrogen) atoms. The van der Waals surface area contributed by atoms with Crippen molar-refractivity contribution in [3.63, 3.8) is 0 Å². The van der Waals surface area contributed by atoms with Crippen LogP contribution >= 0.6 is 0 Å². The summed E-state index contributed by atoms with van der Waals surface area (Å²) in [5, 5.41) is 3.44. The van der Waals surface area contributed by atoms with Crippen LogP contribution in [0.2, 0.25) is 0 Å². The molecule has 0 amide bonds. The second-order valence-corrected chi connectivity index (χ2v) is 5.97. The summed E-state index contributed by atoms with van der Waals surface area (Å²) in [6.45, 7) is 10.3. The lowest BCUT2D eigenvalue weighted by atomic mass is 9.78. The van der Waals surface area contributed by atoms with Crippen LogP contribution < -0.4 is 5.32 Å². The molecule has 0 radical (unpaired) electrons. The summed E-state index contributed by atoms with van der Waals surface area (Å²) < 4.78 is 2.37. The molecule has 1 aromatic rings. The lowest BCUT2D eigenvalue weighted by Gasteiger charge is -2.34. The number of imidazole rings is 1. The molecule has 0 saturated carbocycles. The fourth-order valence-corrected chi connectivity index (χ4v) is 2.63. The molecule has 2 heterocycles. The normalized spacial score (nSPS) is 19.8. The molecule has 1 saturated heterocycles. The van der Waals surface area contributed by atoms with Gasteiger partial charge in [0.2, 0.25) is 0 Å². The Morgan fingerprint density at radius 2 is 2.12 bits per heavy atom. The summed E-state index contributed by atoms with van der Waals surface area (Å²) in [6.07, 6.45) is 7.76. The van der Waals surface area contributed by atoms with Gasteiger partial charge in [-0.05, 0) is 38.3 Å². The van der Waals surface area contributed by atoms with Gasteiger partial charge in [0, 0.05) is 23.9 Å². The molecule has 0 bridgehead atoms. The average Bonchev–Trinajstić information content (AvgIpc) is 2.76. The van der Waals surface area contributed by atoms with Crippen LogP contribution in [0, 0.1) is 5.92 Å². The van der Waals surface area contributed by atoms with Crippen LogP contribution in [0.15, 0.2) is 12.5 Å². The fraction of sp³-hybridized carbons (Fsp3) is 0.786. The van der Waals surface area contributed by atoms with E-state index in [2.05, 4.69) is 41.8 Å². The average molecular weight is 235 g/mol. The second-order valence-electron chi connectivity index (χ2n) is 5.97. The third-order valence-corrected chi connectivity index (χ3v) is 3.99. The third-order valence-electron chi connectivity index (χ3n) is 3.99. The van der Waals surface area contributed by atoms with E-state index in [1.807, 2.05) is 6.33 Å². The minimum atomic E-state index is 0.318. The first kappa shape index (κ1) is 12.6. The number of nitrogens with one attached hydrogen (secondary N) is 1. The van der Waals surface area contributed by atoms with Crippen molar-refractivity contribution in [3.05, 3.63) is 18.2 Å². The predicted octanol–water partition coefficient (Wildman–Crippen LogP) is 2.57. The van der Waals surface area contributed by atoms with Crippen LogP contribution in [-0.4, -0.2) is 22.6 Å². The zero-order valence-corrected chi connectivity index (χ0v) is 11.4. The zero-order valence-electron chi connectivity index (χ0n) is 11.4. The Kier molecular flexibility index (Phi) is 3.87. The lowest BCUT2D eigenvalue weighted by molar-refractivity contribution is 0.314. The SMILES string of the molecule is CC(C)CCn1cncc1C1(C)CCNCC1. The number of aryl methyl sites for hydroxylation is 1. The van der Waals surface area contributed by atoms with E-state index < -0.39 is 0 Å². The molecule has 1 aliphatic rings. The summed E-state index contributed by atoms with van der Waals surface area (Å²) in [5.41, 5.74) is 1.75. The minimum absolute atomic E-state index is 0.318. The second kappa shape index (κ2) is 5.21. The Morgan fingerprint density at radius 3 is 2.76 bits per heavy atom. The van der Waals surface area contributed by atoms with Gasteiger partial charge in [-0.25, -0.2) is 4.98 Å². The van der Waals surface area contributed by atoms with E-state index in [1.165, 1.54) is 25.0 Å². The molecule has 1 aromatic heterocycles. The first-order valence-electron chi connectivity index (χ1n) is 6.83. The van der Waals surface area contributed by atoms with Gasteiger partial charge >= 0.3 is 0 Å². The van der Waals surface area contributed by atoms with E-state index in [1.54, 1.807) is 0 Å². The van der Waals surface area contributed by atoms with Crippen molar-refractivity contribution in [2.45, 2.75) is 52.0 Å². The van der Waals surface area contributed by atoms with Crippen molar-refractivity contribution in [1.82, 2.24) is 14.9 Å². The molecule has 3 heteroatoms. The highest BCUT2D eigenvalue weighted by Gasteiger charge is 2.31. The molecule has 0 unspecified atom stereocenters. The van der Waals surface area contributed by atoms with E-state index in [-0.39, 0.29) is 0 Å². The maximum atomic E-state index is 4.36. The summed E-state index contributed by atoms with van der Waals surface area (Å²) >= 11 is 0. The number of aromatic nitrogens is 2. The molecule has 2 rings (SSSR count). The lowest BCUT2D eigenvalue weighted by Crippen LogP contribution is -2.39. The number of hydrogen-bond acceptors (Lipinski definition) is 2. The van der Waals surface area contributed by atoms with Gasteiger partial charge in [-0.3, -0.25) is 0 Å². The van der Waals surface area contributed by atoms with Gasteiger partial charge in [-0.1, -0.05) is 20.8 Å². The van der Waals surface area contributed by atoms with Crippen LogP contribution in [0.4, 0.5) is 0 Å². The van der Waals surface area contributed by atoms with Crippen LogP contribution in [0.3, 0.4) is 0 Å². The van der Waals surface area contributed by atoms with Gasteiger partial charge in [0.25, 0.3) is 0 Å². The van der Waals surface area contributed by atoms with E-state index in [9.17, 15) is 0 Å². The predicted molar refractivity (Wildman–Crippen MR) is 71.1 cm³/mol. The number of rotatable bonds is 4. The van der Waals surface area contributed by atoms with Crippen LogP contribution in [-0.2, 0) is 12.0 Å². The molecule has 1 aliphatic heterocycles. The first-order chi connectivity index (χ1) is 8.12.